The summed E-state index contributed by atoms with van der Waals surface area (Å²) in [7, 11) is 0. The van der Waals surface area contributed by atoms with Crippen molar-refractivity contribution in [3.8, 4) is 11.4 Å². The molecular weight excluding hydrogens is 412 g/mol. The van der Waals surface area contributed by atoms with Crippen LogP contribution in [0.25, 0.3) is 17.0 Å². The van der Waals surface area contributed by atoms with E-state index in [-0.39, 0.29) is 28.5 Å². The third-order valence-electron chi connectivity index (χ3n) is 4.16. The summed E-state index contributed by atoms with van der Waals surface area (Å²) < 4.78 is 79.8. The number of nitrogens with zero attached hydrogens (tertiary/aromatic N) is 4. The van der Waals surface area contributed by atoms with E-state index in [1.165, 1.54) is 35.0 Å². The molecule has 0 radical (unpaired) electrons. The van der Waals surface area contributed by atoms with Crippen LogP contribution in [0.2, 0.25) is 0 Å². The molecule has 1 aromatic carbocycles. The number of pyridine rings is 1. The van der Waals surface area contributed by atoms with Gasteiger partial charge in [0.1, 0.15) is 22.9 Å². The molecule has 0 aliphatic rings. The van der Waals surface area contributed by atoms with E-state index in [9.17, 15) is 26.3 Å². The van der Waals surface area contributed by atoms with Crippen molar-refractivity contribution in [3.05, 3.63) is 72.3 Å². The van der Waals surface area contributed by atoms with Gasteiger partial charge in [-0.15, -0.1) is 0 Å². The molecule has 0 aliphatic carbocycles. The third-order valence-corrected chi connectivity index (χ3v) is 4.16. The predicted octanol–water partition coefficient (Wildman–Crippen LogP) is 5.57. The monoisotopic (exact) mass is 423 g/mol. The van der Waals surface area contributed by atoms with E-state index >= 15 is 0 Å². The summed E-state index contributed by atoms with van der Waals surface area (Å²) in [5.41, 5.74) is -1.98. The summed E-state index contributed by atoms with van der Waals surface area (Å²) in [5.74, 6) is 0.0614. The molecule has 0 amide bonds. The van der Waals surface area contributed by atoms with Crippen molar-refractivity contribution in [1.82, 2.24) is 19.4 Å². The van der Waals surface area contributed by atoms with E-state index in [1.807, 2.05) is 0 Å². The molecule has 0 bridgehead atoms. The van der Waals surface area contributed by atoms with Gasteiger partial charge in [-0.3, -0.25) is 9.38 Å². The van der Waals surface area contributed by atoms with Crippen LogP contribution in [-0.4, -0.2) is 19.4 Å². The van der Waals surface area contributed by atoms with Crippen molar-refractivity contribution in [2.24, 2.45) is 0 Å². The summed E-state index contributed by atoms with van der Waals surface area (Å²) in [6.07, 6.45) is -5.37. The molecule has 3 aromatic heterocycles. The third kappa shape index (κ3) is 3.78. The van der Waals surface area contributed by atoms with Crippen molar-refractivity contribution in [2.45, 2.75) is 12.4 Å². The molecule has 0 aliphatic heterocycles. The van der Waals surface area contributed by atoms with Crippen molar-refractivity contribution in [2.75, 3.05) is 5.32 Å². The number of hydrogen-bond acceptors (Lipinski definition) is 4. The lowest BCUT2D eigenvalue weighted by Gasteiger charge is -2.11. The van der Waals surface area contributed by atoms with Crippen LogP contribution in [0.3, 0.4) is 0 Å². The molecule has 11 heteroatoms. The van der Waals surface area contributed by atoms with E-state index in [2.05, 4.69) is 20.3 Å². The zero-order valence-electron chi connectivity index (χ0n) is 14.8. The van der Waals surface area contributed by atoms with Gasteiger partial charge >= 0.3 is 12.4 Å². The number of halogens is 6. The Bertz CT molecular complexity index is 1190. The molecule has 0 spiro atoms. The summed E-state index contributed by atoms with van der Waals surface area (Å²) in [6.45, 7) is 0. The maximum absolute atomic E-state index is 13.5. The van der Waals surface area contributed by atoms with E-state index < -0.39 is 23.6 Å². The van der Waals surface area contributed by atoms with Gasteiger partial charge in [0.2, 0.25) is 0 Å². The first kappa shape index (κ1) is 19.7. The number of rotatable bonds is 3. The van der Waals surface area contributed by atoms with Crippen LogP contribution in [0, 0.1) is 0 Å². The van der Waals surface area contributed by atoms with Crippen molar-refractivity contribution >= 4 is 17.2 Å². The number of aromatic nitrogens is 4. The highest BCUT2D eigenvalue weighted by molar-refractivity contribution is 5.66. The number of fused-ring (bicyclic) bond motifs is 1. The predicted molar refractivity (Wildman–Crippen MR) is 95.9 cm³/mol. The normalized spacial score (nSPS) is 12.3. The standard InChI is InChI=1S/C19H11F6N5/c20-18(21,22)11-4-6-12(7-5-11)27-14-10-26-9-13(28-14)16-17(19(23,24)25)29-15-3-1-2-8-30(15)16/h1-10H,(H,27,28). The van der Waals surface area contributed by atoms with Gasteiger partial charge in [0, 0.05) is 11.9 Å². The van der Waals surface area contributed by atoms with Crippen LogP contribution in [0.5, 0.6) is 0 Å². The SMILES string of the molecule is FC(F)(F)c1ccc(Nc2cncc(-c3c(C(F)(F)F)nc4ccccn34)n2)cc1. The van der Waals surface area contributed by atoms with Crippen molar-refractivity contribution < 1.29 is 26.3 Å². The molecule has 1 N–H and O–H groups in total. The molecule has 0 unspecified atom stereocenters. The Labute approximate surface area is 165 Å². The lowest BCUT2D eigenvalue weighted by atomic mass is 10.2. The zero-order chi connectivity index (χ0) is 21.5. The number of benzene rings is 1. The van der Waals surface area contributed by atoms with Gasteiger partial charge < -0.3 is 5.32 Å². The fraction of sp³-hybridized carbons (Fsp3) is 0.105. The second-order valence-electron chi connectivity index (χ2n) is 6.23. The van der Waals surface area contributed by atoms with Crippen LogP contribution in [0.15, 0.2) is 61.1 Å². The first-order valence-electron chi connectivity index (χ1n) is 8.44. The number of alkyl halides is 6. The summed E-state index contributed by atoms with van der Waals surface area (Å²) in [6, 6.07) is 8.67. The Morgan fingerprint density at radius 2 is 1.53 bits per heavy atom. The van der Waals surface area contributed by atoms with Crippen LogP contribution >= 0.6 is 0 Å². The molecule has 4 rings (SSSR count). The minimum absolute atomic E-state index is 0.0614. The molecule has 4 aromatic rings. The van der Waals surface area contributed by atoms with Gasteiger partial charge in [0.05, 0.1) is 18.0 Å². The molecule has 154 valence electrons. The van der Waals surface area contributed by atoms with Gasteiger partial charge in [-0.05, 0) is 36.4 Å². The van der Waals surface area contributed by atoms with Gasteiger partial charge in [-0.2, -0.15) is 26.3 Å². The van der Waals surface area contributed by atoms with Crippen LogP contribution < -0.4 is 5.32 Å². The highest BCUT2D eigenvalue weighted by atomic mass is 19.4. The molecule has 5 nitrogen and oxygen atoms in total. The van der Waals surface area contributed by atoms with Crippen LogP contribution in [0.1, 0.15) is 11.3 Å². The minimum Gasteiger partial charge on any atom is -0.339 e. The maximum Gasteiger partial charge on any atom is 0.435 e. The number of nitrogens with one attached hydrogen (secondary N) is 1. The Hall–Kier alpha value is -3.63. The minimum atomic E-state index is -4.72. The molecule has 0 saturated heterocycles. The lowest BCUT2D eigenvalue weighted by molar-refractivity contribution is -0.140. The molecule has 0 saturated carbocycles. The van der Waals surface area contributed by atoms with Gasteiger partial charge in [0.25, 0.3) is 0 Å². The second kappa shape index (κ2) is 7.01. The lowest BCUT2D eigenvalue weighted by Crippen LogP contribution is -2.09. The van der Waals surface area contributed by atoms with E-state index in [1.54, 1.807) is 12.1 Å². The summed E-state index contributed by atoms with van der Waals surface area (Å²) in [4.78, 5) is 11.7. The average Bonchev–Trinajstić information content (AvgIpc) is 3.08. The largest absolute Gasteiger partial charge is 0.435 e. The molecule has 0 fully saturated rings. The van der Waals surface area contributed by atoms with Crippen molar-refractivity contribution in [1.29, 1.82) is 0 Å². The van der Waals surface area contributed by atoms with Crippen LogP contribution in [0.4, 0.5) is 37.8 Å². The topological polar surface area (TPSA) is 55.1 Å². The summed E-state index contributed by atoms with van der Waals surface area (Å²) in [5, 5.41) is 2.74. The Kier molecular flexibility index (Phi) is 4.60. The average molecular weight is 423 g/mol. The Morgan fingerprint density at radius 1 is 0.800 bits per heavy atom. The Balaban J connectivity index is 1.73. The van der Waals surface area contributed by atoms with E-state index in [0.717, 1.165) is 18.3 Å². The van der Waals surface area contributed by atoms with Gasteiger partial charge in [-0.1, -0.05) is 6.07 Å². The summed E-state index contributed by atoms with van der Waals surface area (Å²) >= 11 is 0. The van der Waals surface area contributed by atoms with E-state index in [0.29, 0.717) is 0 Å². The maximum atomic E-state index is 13.5. The number of imidazole rings is 1. The van der Waals surface area contributed by atoms with Crippen molar-refractivity contribution in [3.63, 3.8) is 0 Å². The molecule has 30 heavy (non-hydrogen) atoms. The van der Waals surface area contributed by atoms with E-state index in [4.69, 9.17) is 0 Å². The number of anilines is 2. The number of hydrogen-bond donors (Lipinski definition) is 1. The highest BCUT2D eigenvalue weighted by Crippen LogP contribution is 2.37. The zero-order valence-corrected chi connectivity index (χ0v) is 14.8. The fourth-order valence-corrected chi connectivity index (χ4v) is 2.87. The first-order valence-corrected chi connectivity index (χ1v) is 8.44. The second-order valence-corrected chi connectivity index (χ2v) is 6.23. The molecular formula is C19H11F6N5. The highest BCUT2D eigenvalue weighted by Gasteiger charge is 2.38. The fourth-order valence-electron chi connectivity index (χ4n) is 2.87. The molecule has 0 atom stereocenters. The van der Waals surface area contributed by atoms with Crippen LogP contribution in [-0.2, 0) is 12.4 Å². The first-order chi connectivity index (χ1) is 14.1. The van der Waals surface area contributed by atoms with Gasteiger partial charge in [0.15, 0.2) is 5.69 Å². The Morgan fingerprint density at radius 3 is 2.20 bits per heavy atom. The quantitative estimate of drug-likeness (QED) is 0.438. The van der Waals surface area contributed by atoms with Gasteiger partial charge in [-0.25, -0.2) is 9.97 Å². The smallest absolute Gasteiger partial charge is 0.339 e. The molecule has 3 heterocycles.